The van der Waals surface area contributed by atoms with Crippen molar-refractivity contribution in [2.75, 3.05) is 11.4 Å². The number of nitrogens with zero attached hydrogens (tertiary/aromatic N) is 1. The Kier molecular flexibility index (Phi) is 2.32. The van der Waals surface area contributed by atoms with E-state index in [1.54, 1.807) is 24.3 Å². The van der Waals surface area contributed by atoms with Crippen LogP contribution in [0.2, 0.25) is 5.02 Å². The molecule has 4 heteroatoms. The highest BCUT2D eigenvalue weighted by atomic mass is 35.5. The fraction of sp³-hybridized carbons (Fsp3) is 0.0909. The monoisotopic (exact) mass is 221 g/mol. The van der Waals surface area contributed by atoms with Gasteiger partial charge in [0, 0.05) is 11.6 Å². The van der Waals surface area contributed by atoms with Gasteiger partial charge in [-0.1, -0.05) is 17.7 Å². The molecule has 0 atom stereocenters. The van der Waals surface area contributed by atoms with Crippen molar-refractivity contribution in [3.05, 3.63) is 41.4 Å². The summed E-state index contributed by atoms with van der Waals surface area (Å²) < 4.78 is 0. The van der Waals surface area contributed by atoms with Gasteiger partial charge in [-0.25, -0.2) is 0 Å². The van der Waals surface area contributed by atoms with Gasteiger partial charge >= 0.3 is 0 Å². The molecule has 1 aliphatic rings. The van der Waals surface area contributed by atoms with Gasteiger partial charge in [-0.3, -0.25) is 9.59 Å². The summed E-state index contributed by atoms with van der Waals surface area (Å²) in [4.78, 5) is 24.4. The number of hydrogen-bond acceptors (Lipinski definition) is 2. The molecule has 2 rings (SSSR count). The number of hydrogen-bond donors (Lipinski definition) is 0. The van der Waals surface area contributed by atoms with Crippen LogP contribution in [0.3, 0.4) is 0 Å². The molecule has 0 saturated heterocycles. The van der Waals surface area contributed by atoms with Crippen molar-refractivity contribution in [2.24, 2.45) is 0 Å². The molecule has 76 valence electrons. The van der Waals surface area contributed by atoms with Crippen LogP contribution in [0.4, 0.5) is 5.69 Å². The zero-order chi connectivity index (χ0) is 11.0. The van der Waals surface area contributed by atoms with Gasteiger partial charge in [-0.15, -0.1) is 6.58 Å². The Bertz CT molecular complexity index is 468. The van der Waals surface area contributed by atoms with E-state index in [9.17, 15) is 9.59 Å². The Morgan fingerprint density at radius 2 is 2.13 bits per heavy atom. The summed E-state index contributed by atoms with van der Waals surface area (Å²) in [5.41, 5.74) is 0.976. The summed E-state index contributed by atoms with van der Waals surface area (Å²) in [5.74, 6) is -1.00. The average Bonchev–Trinajstić information content (AvgIpc) is 2.44. The highest BCUT2D eigenvalue weighted by Crippen LogP contribution is 2.31. The third-order valence-electron chi connectivity index (χ3n) is 2.25. The molecule has 0 fully saturated rings. The highest BCUT2D eigenvalue weighted by molar-refractivity contribution is 6.52. The molecule has 1 aliphatic heterocycles. The zero-order valence-corrected chi connectivity index (χ0v) is 8.62. The van der Waals surface area contributed by atoms with E-state index in [-0.39, 0.29) is 0 Å². The molecule has 1 aromatic rings. The second-order valence-corrected chi connectivity index (χ2v) is 3.63. The summed E-state index contributed by atoms with van der Waals surface area (Å²) in [7, 11) is 0. The molecule has 0 spiro atoms. The molecule has 1 amide bonds. The van der Waals surface area contributed by atoms with Crippen LogP contribution in [0.15, 0.2) is 30.9 Å². The van der Waals surface area contributed by atoms with Gasteiger partial charge in [0.15, 0.2) is 0 Å². The van der Waals surface area contributed by atoms with E-state index in [1.807, 2.05) is 0 Å². The largest absolute Gasteiger partial charge is 0.301 e. The lowest BCUT2D eigenvalue weighted by molar-refractivity contribution is -0.114. The van der Waals surface area contributed by atoms with E-state index in [0.29, 0.717) is 22.8 Å². The molecule has 1 heterocycles. The number of anilines is 1. The first-order valence-corrected chi connectivity index (χ1v) is 4.79. The molecule has 0 N–H and O–H groups in total. The van der Waals surface area contributed by atoms with E-state index >= 15 is 0 Å². The predicted octanol–water partition coefficient (Wildman–Crippen LogP) is 2.06. The number of benzene rings is 1. The average molecular weight is 222 g/mol. The lowest BCUT2D eigenvalue weighted by Gasteiger charge is -2.13. The predicted molar refractivity (Wildman–Crippen MR) is 58.3 cm³/mol. The van der Waals surface area contributed by atoms with E-state index in [1.165, 1.54) is 4.90 Å². The normalized spacial score (nSPS) is 14.3. The first kappa shape index (κ1) is 9.93. The molecule has 0 radical (unpaired) electrons. The minimum atomic E-state index is -0.521. The van der Waals surface area contributed by atoms with E-state index in [0.717, 1.165) is 0 Å². The third kappa shape index (κ3) is 1.45. The fourth-order valence-corrected chi connectivity index (χ4v) is 1.74. The van der Waals surface area contributed by atoms with Crippen LogP contribution in [0.1, 0.15) is 10.4 Å². The number of carbonyl (C=O) groups excluding carboxylic acids is 2. The summed E-state index contributed by atoms with van der Waals surface area (Å²) in [5, 5.41) is 0.505. The van der Waals surface area contributed by atoms with Crippen molar-refractivity contribution in [1.82, 2.24) is 0 Å². The first-order chi connectivity index (χ1) is 7.15. The molecule has 3 nitrogen and oxygen atoms in total. The maximum atomic E-state index is 11.5. The maximum absolute atomic E-state index is 11.5. The van der Waals surface area contributed by atoms with Gasteiger partial charge in [0.2, 0.25) is 0 Å². The minimum absolute atomic E-state index is 0.317. The Morgan fingerprint density at radius 3 is 2.80 bits per heavy atom. The maximum Gasteiger partial charge on any atom is 0.299 e. The van der Waals surface area contributed by atoms with Crippen LogP contribution in [-0.2, 0) is 4.79 Å². The number of carbonyl (C=O) groups is 2. The van der Waals surface area contributed by atoms with Gasteiger partial charge in [0.25, 0.3) is 11.7 Å². The second-order valence-electron chi connectivity index (χ2n) is 3.20. The Hall–Kier alpha value is -1.61. The number of amides is 1. The van der Waals surface area contributed by atoms with Gasteiger partial charge in [0.05, 0.1) is 11.3 Å². The molecule has 0 saturated carbocycles. The molecule has 0 bridgehead atoms. The Balaban J connectivity index is 2.56. The van der Waals surface area contributed by atoms with Crippen LogP contribution in [0.5, 0.6) is 0 Å². The molecule has 1 aromatic carbocycles. The lowest BCUT2D eigenvalue weighted by Crippen LogP contribution is -2.29. The van der Waals surface area contributed by atoms with Crippen molar-refractivity contribution in [3.8, 4) is 0 Å². The molecule has 0 aliphatic carbocycles. The van der Waals surface area contributed by atoms with E-state index in [4.69, 9.17) is 11.6 Å². The number of ketones is 1. The molecular weight excluding hydrogens is 214 g/mol. The van der Waals surface area contributed by atoms with Crippen LogP contribution >= 0.6 is 11.6 Å². The lowest BCUT2D eigenvalue weighted by atomic mass is 10.1. The first-order valence-electron chi connectivity index (χ1n) is 4.42. The smallest absolute Gasteiger partial charge is 0.299 e. The minimum Gasteiger partial charge on any atom is -0.301 e. The Labute approximate surface area is 91.9 Å². The van der Waals surface area contributed by atoms with Crippen molar-refractivity contribution in [1.29, 1.82) is 0 Å². The van der Waals surface area contributed by atoms with E-state index < -0.39 is 11.7 Å². The second kappa shape index (κ2) is 3.51. The van der Waals surface area contributed by atoms with Crippen molar-refractivity contribution in [2.45, 2.75) is 0 Å². The molecule has 0 unspecified atom stereocenters. The third-order valence-corrected chi connectivity index (χ3v) is 2.48. The van der Waals surface area contributed by atoms with Crippen molar-refractivity contribution < 1.29 is 9.59 Å². The standard InChI is InChI=1S/C11H8ClNO2/c1-2-5-13-9-6-7(12)3-4-8(9)10(14)11(13)15/h2-4,6H,1,5H2. The summed E-state index contributed by atoms with van der Waals surface area (Å²) >= 11 is 5.81. The summed E-state index contributed by atoms with van der Waals surface area (Å²) in [6.45, 7) is 3.86. The Morgan fingerprint density at radius 1 is 1.40 bits per heavy atom. The fourth-order valence-electron chi connectivity index (χ4n) is 1.58. The van der Waals surface area contributed by atoms with Gasteiger partial charge < -0.3 is 4.90 Å². The topological polar surface area (TPSA) is 37.4 Å². The van der Waals surface area contributed by atoms with Crippen molar-refractivity contribution >= 4 is 29.0 Å². The van der Waals surface area contributed by atoms with Gasteiger partial charge in [0.1, 0.15) is 0 Å². The van der Waals surface area contributed by atoms with Crippen LogP contribution < -0.4 is 4.90 Å². The zero-order valence-electron chi connectivity index (χ0n) is 7.87. The van der Waals surface area contributed by atoms with E-state index in [2.05, 4.69) is 6.58 Å². The molecule has 15 heavy (non-hydrogen) atoms. The van der Waals surface area contributed by atoms with Crippen LogP contribution in [-0.4, -0.2) is 18.2 Å². The van der Waals surface area contributed by atoms with Gasteiger partial charge in [-0.2, -0.15) is 0 Å². The summed E-state index contributed by atoms with van der Waals surface area (Å²) in [6, 6.07) is 4.78. The van der Waals surface area contributed by atoms with Crippen molar-refractivity contribution in [3.63, 3.8) is 0 Å². The van der Waals surface area contributed by atoms with Crippen LogP contribution in [0.25, 0.3) is 0 Å². The number of halogens is 1. The number of Topliss-reactive ketones (excluding diaryl/α,β-unsaturated/α-hetero) is 1. The summed E-state index contributed by atoms with van der Waals surface area (Å²) in [6.07, 6.45) is 1.57. The molecule has 0 aromatic heterocycles. The number of rotatable bonds is 2. The van der Waals surface area contributed by atoms with Gasteiger partial charge in [-0.05, 0) is 18.2 Å². The number of fused-ring (bicyclic) bond motifs is 1. The quantitative estimate of drug-likeness (QED) is 0.566. The highest BCUT2D eigenvalue weighted by Gasteiger charge is 2.34. The molecular formula is C11H8ClNO2. The SMILES string of the molecule is C=CCN1C(=O)C(=O)c2ccc(Cl)cc21. The van der Waals surface area contributed by atoms with Crippen LogP contribution in [0, 0.1) is 0 Å².